The number of hydrogen-bond acceptors (Lipinski definition) is 8. The number of rotatable bonds is 7. The Morgan fingerprint density at radius 3 is 2.90 bits per heavy atom. The second-order valence-electron chi connectivity index (χ2n) is 4.05. The minimum absolute atomic E-state index is 0.0147. The van der Waals surface area contributed by atoms with E-state index in [-0.39, 0.29) is 5.91 Å². The van der Waals surface area contributed by atoms with E-state index in [0.29, 0.717) is 17.5 Å². The Bertz CT molecular complexity index is 604. The molecule has 1 N–H and O–H groups in total. The summed E-state index contributed by atoms with van der Waals surface area (Å²) in [5, 5.41) is 12.4. The second kappa shape index (κ2) is 8.30. The number of thioether (sulfide) groups is 2. The van der Waals surface area contributed by atoms with E-state index in [2.05, 4.69) is 25.5 Å². The van der Waals surface area contributed by atoms with E-state index in [1.54, 1.807) is 29.3 Å². The van der Waals surface area contributed by atoms with Crippen molar-refractivity contribution in [1.82, 2.24) is 25.5 Å². The van der Waals surface area contributed by atoms with E-state index < -0.39 is 0 Å². The van der Waals surface area contributed by atoms with E-state index in [1.807, 2.05) is 19.9 Å². The number of carbonyl (C=O) groups is 1. The van der Waals surface area contributed by atoms with Crippen LogP contribution >= 0.6 is 34.9 Å². The topological polar surface area (TPSA) is 80.7 Å². The van der Waals surface area contributed by atoms with Crippen LogP contribution in [0.4, 0.5) is 0 Å². The van der Waals surface area contributed by atoms with Crippen LogP contribution in [0.2, 0.25) is 0 Å². The van der Waals surface area contributed by atoms with Gasteiger partial charge in [0, 0.05) is 24.2 Å². The summed E-state index contributed by atoms with van der Waals surface area (Å²) in [6.07, 6.45) is 1.70. The first-order valence-electron chi connectivity index (χ1n) is 6.25. The zero-order valence-corrected chi connectivity index (χ0v) is 14.1. The van der Waals surface area contributed by atoms with E-state index in [9.17, 15) is 4.79 Å². The van der Waals surface area contributed by atoms with Gasteiger partial charge in [0.1, 0.15) is 5.01 Å². The van der Waals surface area contributed by atoms with Crippen LogP contribution in [0.5, 0.6) is 0 Å². The molecule has 0 aliphatic rings. The third-order valence-corrected chi connectivity index (χ3v) is 5.10. The number of nitrogens with zero attached hydrogens (tertiary/aromatic N) is 4. The van der Waals surface area contributed by atoms with Gasteiger partial charge in [0.25, 0.3) is 0 Å². The molecule has 6 nitrogen and oxygen atoms in total. The van der Waals surface area contributed by atoms with Gasteiger partial charge in [-0.1, -0.05) is 34.9 Å². The van der Waals surface area contributed by atoms with Crippen molar-refractivity contribution in [2.24, 2.45) is 0 Å². The Morgan fingerprint density at radius 1 is 1.33 bits per heavy atom. The molecule has 2 aromatic rings. The minimum atomic E-state index is -0.0147. The summed E-state index contributed by atoms with van der Waals surface area (Å²) < 4.78 is 0.935. The molecule has 2 aromatic heterocycles. The van der Waals surface area contributed by atoms with Gasteiger partial charge in [-0.05, 0) is 19.9 Å². The van der Waals surface area contributed by atoms with Gasteiger partial charge in [-0.3, -0.25) is 4.79 Å². The molecule has 0 atom stereocenters. The van der Waals surface area contributed by atoms with E-state index >= 15 is 0 Å². The molecule has 9 heteroatoms. The van der Waals surface area contributed by atoms with Crippen LogP contribution in [0, 0.1) is 13.8 Å². The minimum Gasteiger partial charge on any atom is -0.355 e. The smallest absolute Gasteiger partial charge is 0.230 e. The van der Waals surface area contributed by atoms with Crippen LogP contribution in [0.1, 0.15) is 10.7 Å². The van der Waals surface area contributed by atoms with Gasteiger partial charge in [-0.15, -0.1) is 10.2 Å². The Hall–Kier alpha value is -1.19. The zero-order valence-electron chi connectivity index (χ0n) is 11.7. The number of hydrogen-bond donors (Lipinski definition) is 1. The summed E-state index contributed by atoms with van der Waals surface area (Å²) in [6.45, 7) is 4.43. The highest BCUT2D eigenvalue weighted by atomic mass is 32.2. The molecule has 0 aliphatic heterocycles. The maximum Gasteiger partial charge on any atom is 0.230 e. The Labute approximate surface area is 135 Å². The summed E-state index contributed by atoms with van der Waals surface area (Å²) in [7, 11) is 0. The van der Waals surface area contributed by atoms with Gasteiger partial charge < -0.3 is 5.32 Å². The Morgan fingerprint density at radius 2 is 2.19 bits per heavy atom. The predicted octanol–water partition coefficient (Wildman–Crippen LogP) is 1.95. The van der Waals surface area contributed by atoms with E-state index in [1.165, 1.54) is 11.8 Å². The van der Waals surface area contributed by atoms with Gasteiger partial charge in [-0.25, -0.2) is 9.97 Å². The van der Waals surface area contributed by atoms with Crippen molar-refractivity contribution in [2.75, 3.05) is 18.1 Å². The highest BCUT2D eigenvalue weighted by molar-refractivity contribution is 8.01. The number of carbonyl (C=O) groups excluding carboxylic acids is 1. The summed E-state index contributed by atoms with van der Waals surface area (Å²) in [4.78, 5) is 20.0. The number of aromatic nitrogens is 4. The first-order chi connectivity index (χ1) is 10.1. The van der Waals surface area contributed by atoms with Crippen LogP contribution in [-0.2, 0) is 4.79 Å². The molecule has 0 bridgehead atoms. The van der Waals surface area contributed by atoms with Crippen LogP contribution in [-0.4, -0.2) is 44.1 Å². The molecule has 112 valence electrons. The molecule has 0 aliphatic carbocycles. The van der Waals surface area contributed by atoms with Crippen molar-refractivity contribution in [2.45, 2.75) is 23.3 Å². The van der Waals surface area contributed by atoms with E-state index in [4.69, 9.17) is 0 Å². The third-order valence-electron chi connectivity index (χ3n) is 2.26. The average molecular weight is 341 g/mol. The normalized spacial score (nSPS) is 10.6. The molecular formula is C12H15N5OS3. The maximum atomic E-state index is 11.7. The zero-order chi connectivity index (χ0) is 15.1. The molecule has 1 amide bonds. The lowest BCUT2D eigenvalue weighted by Crippen LogP contribution is -2.27. The summed E-state index contributed by atoms with van der Waals surface area (Å²) >= 11 is 4.50. The molecule has 2 rings (SSSR count). The van der Waals surface area contributed by atoms with Gasteiger partial charge in [0.15, 0.2) is 9.50 Å². The van der Waals surface area contributed by atoms with Crippen LogP contribution in [0.3, 0.4) is 0 Å². The second-order valence-corrected chi connectivity index (χ2v) is 7.52. The fourth-order valence-electron chi connectivity index (χ4n) is 1.34. The van der Waals surface area contributed by atoms with Crippen LogP contribution in [0.15, 0.2) is 21.8 Å². The largest absolute Gasteiger partial charge is 0.355 e. The fraction of sp³-hybridized carbons (Fsp3) is 0.417. The van der Waals surface area contributed by atoms with Gasteiger partial charge in [0.2, 0.25) is 5.91 Å². The quantitative estimate of drug-likeness (QED) is 0.468. The predicted molar refractivity (Wildman–Crippen MR) is 85.9 cm³/mol. The highest BCUT2D eigenvalue weighted by Crippen LogP contribution is 2.20. The maximum absolute atomic E-state index is 11.7. The first kappa shape index (κ1) is 16.2. The molecule has 0 fully saturated rings. The van der Waals surface area contributed by atoms with Gasteiger partial charge in [0.05, 0.1) is 5.75 Å². The standard InChI is InChI=1S/C12H15N5OS3/c1-8-3-4-14-11(15-8)20-7-10(18)13-5-6-19-12-17-16-9(2)21-12/h3-4H,5-7H2,1-2H3,(H,13,18). The Kier molecular flexibility index (Phi) is 6.40. The van der Waals surface area contributed by atoms with Crippen molar-refractivity contribution in [1.29, 1.82) is 0 Å². The van der Waals surface area contributed by atoms with Crippen LogP contribution in [0.25, 0.3) is 0 Å². The molecule has 0 radical (unpaired) electrons. The molecule has 0 saturated heterocycles. The first-order valence-corrected chi connectivity index (χ1v) is 9.04. The molecule has 21 heavy (non-hydrogen) atoms. The monoisotopic (exact) mass is 341 g/mol. The van der Waals surface area contributed by atoms with Crippen molar-refractivity contribution < 1.29 is 4.79 Å². The fourth-order valence-corrected chi connectivity index (χ4v) is 3.79. The molecular weight excluding hydrogens is 326 g/mol. The van der Waals surface area contributed by atoms with Crippen LogP contribution < -0.4 is 5.32 Å². The highest BCUT2D eigenvalue weighted by Gasteiger charge is 2.05. The SMILES string of the molecule is Cc1ccnc(SCC(=O)NCCSc2nnc(C)s2)n1. The molecule has 0 spiro atoms. The Balaban J connectivity index is 1.61. The average Bonchev–Trinajstić information content (AvgIpc) is 2.87. The summed E-state index contributed by atoms with van der Waals surface area (Å²) in [5.74, 6) is 1.09. The lowest BCUT2D eigenvalue weighted by Gasteiger charge is -2.03. The summed E-state index contributed by atoms with van der Waals surface area (Å²) in [6, 6.07) is 1.83. The number of aryl methyl sites for hydroxylation is 2. The molecule has 0 aromatic carbocycles. The lowest BCUT2D eigenvalue weighted by atomic mass is 10.5. The van der Waals surface area contributed by atoms with Gasteiger partial charge >= 0.3 is 0 Å². The number of amides is 1. The summed E-state index contributed by atoms with van der Waals surface area (Å²) in [5.41, 5.74) is 0.900. The molecule has 2 heterocycles. The van der Waals surface area contributed by atoms with Crippen molar-refractivity contribution in [3.63, 3.8) is 0 Å². The van der Waals surface area contributed by atoms with Crippen molar-refractivity contribution >= 4 is 40.8 Å². The number of nitrogens with one attached hydrogen (secondary N) is 1. The van der Waals surface area contributed by atoms with Crippen molar-refractivity contribution in [3.05, 3.63) is 23.0 Å². The molecule has 0 unspecified atom stereocenters. The van der Waals surface area contributed by atoms with Crippen molar-refractivity contribution in [3.8, 4) is 0 Å². The molecule has 0 saturated carbocycles. The van der Waals surface area contributed by atoms with Gasteiger partial charge in [-0.2, -0.15) is 0 Å². The lowest BCUT2D eigenvalue weighted by molar-refractivity contribution is -0.118. The van der Waals surface area contributed by atoms with E-state index in [0.717, 1.165) is 20.8 Å². The third kappa shape index (κ3) is 5.98.